The summed E-state index contributed by atoms with van der Waals surface area (Å²) in [5.41, 5.74) is 1.08. The molecule has 0 spiro atoms. The zero-order valence-electron chi connectivity index (χ0n) is 7.53. The first-order chi connectivity index (χ1) is 6.47. The third kappa shape index (κ3) is 9.51. The molecular weight excluding hydrogens is 349 g/mol. The van der Waals surface area contributed by atoms with Crippen LogP contribution in [0.15, 0.2) is 30.3 Å². The minimum atomic E-state index is -5.17. The van der Waals surface area contributed by atoms with Crippen LogP contribution in [0.2, 0.25) is 0 Å². The number of hydrogen-bond acceptors (Lipinski definition) is 6. The summed E-state index contributed by atoms with van der Waals surface area (Å²) in [6.45, 7) is 0. The average molecular weight is 356 g/mol. The fraction of sp³-hybridized carbons (Fsp3) is 0.143. The van der Waals surface area contributed by atoms with Crippen molar-refractivity contribution in [3.8, 4) is 0 Å². The van der Waals surface area contributed by atoms with Gasteiger partial charge in [0.05, 0.1) is 0 Å². The zero-order valence-corrected chi connectivity index (χ0v) is 12.8. The molecule has 1 saturated heterocycles. The Morgan fingerprint density at radius 2 is 1.47 bits per heavy atom. The molecule has 0 unspecified atom stereocenters. The molecule has 1 aliphatic heterocycles. The fourth-order valence-electron chi connectivity index (χ4n) is 0.749. The minimum Gasteiger partial charge on any atom is -0.759 e. The Balaban J connectivity index is 0.000000289. The largest absolute Gasteiger partial charge is 2.00 e. The van der Waals surface area contributed by atoms with Crippen LogP contribution in [0, 0.1) is 0 Å². The first-order valence-corrected chi connectivity index (χ1v) is 4.84. The Kier molecular flexibility index (Phi) is 7.29. The normalized spacial score (nSPS) is 14.5. The summed E-state index contributed by atoms with van der Waals surface area (Å²) in [5.74, 6) is 0. The summed E-state index contributed by atoms with van der Waals surface area (Å²) in [5, 5.41) is 0. The van der Waals surface area contributed by atoms with Crippen molar-refractivity contribution in [3.63, 3.8) is 0 Å². The van der Waals surface area contributed by atoms with Crippen molar-refractivity contribution in [2.45, 2.75) is 6.29 Å². The van der Waals surface area contributed by atoms with Crippen LogP contribution in [0.25, 0.3) is 0 Å². The van der Waals surface area contributed by atoms with Crippen molar-refractivity contribution in [2.24, 2.45) is 0 Å². The van der Waals surface area contributed by atoms with Gasteiger partial charge in [-0.25, -0.2) is 0 Å². The van der Waals surface area contributed by atoms with Crippen molar-refractivity contribution in [3.05, 3.63) is 35.9 Å². The van der Waals surface area contributed by atoms with E-state index in [4.69, 9.17) is 17.5 Å². The fourth-order valence-corrected chi connectivity index (χ4v) is 0.749. The molecule has 0 aromatic heterocycles. The third-order valence-corrected chi connectivity index (χ3v) is 1.26. The van der Waals surface area contributed by atoms with E-state index in [1.807, 2.05) is 30.3 Å². The average Bonchev–Trinajstić information content (AvgIpc) is 2.85. The second-order valence-electron chi connectivity index (χ2n) is 2.34. The van der Waals surface area contributed by atoms with Crippen LogP contribution in [-0.2, 0) is 20.2 Å². The molecule has 0 bridgehead atoms. The van der Waals surface area contributed by atoms with E-state index in [1.165, 1.54) is 0 Å². The van der Waals surface area contributed by atoms with Gasteiger partial charge in [-0.2, -0.15) is 9.78 Å². The van der Waals surface area contributed by atoms with E-state index in [2.05, 4.69) is 9.78 Å². The summed E-state index contributed by atoms with van der Waals surface area (Å²) < 4.78 is 34.1. The van der Waals surface area contributed by atoms with Crippen molar-refractivity contribution < 1.29 is 27.3 Å². The maximum Gasteiger partial charge on any atom is 2.00 e. The minimum absolute atomic E-state index is 0. The van der Waals surface area contributed by atoms with Gasteiger partial charge in [-0.15, -0.1) is 0 Å². The first kappa shape index (κ1) is 15.6. The molecule has 8 heteroatoms. The van der Waals surface area contributed by atoms with Crippen LogP contribution in [0.1, 0.15) is 11.9 Å². The molecule has 1 heterocycles. The Labute approximate surface area is 127 Å². The quantitative estimate of drug-likeness (QED) is 0.229. The van der Waals surface area contributed by atoms with Gasteiger partial charge in [0.25, 0.3) is 0 Å². The van der Waals surface area contributed by atoms with Crippen molar-refractivity contribution in [1.82, 2.24) is 0 Å². The topological polar surface area (TPSA) is 105 Å². The molecular formula is C7H6BaO6S. The Bertz CT molecular complexity index is 366. The number of benzene rings is 1. The van der Waals surface area contributed by atoms with Gasteiger partial charge in [-0.3, -0.25) is 8.42 Å². The molecule has 0 N–H and O–H groups in total. The molecule has 0 aliphatic carbocycles. The van der Waals surface area contributed by atoms with Gasteiger partial charge in [0.2, 0.25) is 6.29 Å². The molecule has 1 aromatic rings. The standard InChI is InChI=1S/C7H6O2.Ba.H2O4S/c1-2-4-6(5-3-1)7-8-9-7;;1-5(2,3)4/h1-5,7H;;(H2,1,2,3,4)/q;+2;/p-2. The van der Waals surface area contributed by atoms with E-state index < -0.39 is 10.4 Å². The Morgan fingerprint density at radius 1 is 1.07 bits per heavy atom. The predicted molar refractivity (Wildman–Crippen MR) is 47.6 cm³/mol. The Morgan fingerprint density at radius 3 is 1.80 bits per heavy atom. The molecule has 0 amide bonds. The molecule has 0 atom stereocenters. The van der Waals surface area contributed by atoms with Gasteiger partial charge in [0.1, 0.15) is 0 Å². The van der Waals surface area contributed by atoms with Crippen LogP contribution in [0.5, 0.6) is 0 Å². The van der Waals surface area contributed by atoms with Crippen molar-refractivity contribution in [2.75, 3.05) is 0 Å². The molecule has 1 aliphatic rings. The van der Waals surface area contributed by atoms with Gasteiger partial charge >= 0.3 is 48.9 Å². The molecule has 2 rings (SSSR count). The molecule has 1 aromatic carbocycles. The van der Waals surface area contributed by atoms with Crippen LogP contribution in [0.4, 0.5) is 0 Å². The van der Waals surface area contributed by atoms with Gasteiger partial charge in [-0.1, -0.05) is 30.3 Å². The SMILES string of the molecule is O=S(=O)([O-])[O-].[Ba+2].c1ccc(C2OO2)cc1. The molecule has 15 heavy (non-hydrogen) atoms. The molecule has 6 nitrogen and oxygen atoms in total. The summed E-state index contributed by atoms with van der Waals surface area (Å²) >= 11 is 0. The van der Waals surface area contributed by atoms with Gasteiger partial charge in [0.15, 0.2) is 0 Å². The molecule has 78 valence electrons. The monoisotopic (exact) mass is 356 g/mol. The Hall–Kier alpha value is 0.581. The first-order valence-electron chi connectivity index (χ1n) is 3.50. The van der Waals surface area contributed by atoms with Crippen LogP contribution < -0.4 is 0 Å². The van der Waals surface area contributed by atoms with E-state index in [0.717, 1.165) is 5.56 Å². The molecule has 0 saturated carbocycles. The van der Waals surface area contributed by atoms with Gasteiger partial charge in [-0.05, 0) is 0 Å². The number of hydrogen-bond donors (Lipinski definition) is 0. The smallest absolute Gasteiger partial charge is 0.759 e. The van der Waals surface area contributed by atoms with E-state index >= 15 is 0 Å². The van der Waals surface area contributed by atoms with E-state index in [-0.39, 0.29) is 55.2 Å². The van der Waals surface area contributed by atoms with Crippen LogP contribution >= 0.6 is 0 Å². The van der Waals surface area contributed by atoms with E-state index in [0.29, 0.717) is 0 Å². The zero-order chi connectivity index (χ0) is 10.6. The maximum absolute atomic E-state index is 8.52. The summed E-state index contributed by atoms with van der Waals surface area (Å²) in [6, 6.07) is 9.82. The summed E-state index contributed by atoms with van der Waals surface area (Å²) in [4.78, 5) is 9.19. The van der Waals surface area contributed by atoms with E-state index in [9.17, 15) is 0 Å². The predicted octanol–water partition coefficient (Wildman–Crippen LogP) is -0.0718. The third-order valence-electron chi connectivity index (χ3n) is 1.26. The number of rotatable bonds is 1. The molecule has 0 radical (unpaired) electrons. The summed E-state index contributed by atoms with van der Waals surface area (Å²) in [6.07, 6.45) is -0.0915. The maximum atomic E-state index is 8.52. The van der Waals surface area contributed by atoms with Crippen LogP contribution in [-0.4, -0.2) is 66.4 Å². The second-order valence-corrected chi connectivity index (χ2v) is 3.16. The van der Waals surface area contributed by atoms with Gasteiger partial charge in [0, 0.05) is 16.0 Å². The van der Waals surface area contributed by atoms with Crippen molar-refractivity contribution in [1.29, 1.82) is 0 Å². The van der Waals surface area contributed by atoms with Crippen molar-refractivity contribution >= 4 is 59.3 Å². The second kappa shape index (κ2) is 7.01. The summed E-state index contributed by atoms with van der Waals surface area (Å²) in [7, 11) is -5.17. The van der Waals surface area contributed by atoms with Gasteiger partial charge < -0.3 is 9.11 Å². The molecule has 1 fully saturated rings. The van der Waals surface area contributed by atoms with Crippen LogP contribution in [0.3, 0.4) is 0 Å². The van der Waals surface area contributed by atoms with E-state index in [1.54, 1.807) is 0 Å².